The van der Waals surface area contributed by atoms with E-state index in [4.69, 9.17) is 5.73 Å². The van der Waals surface area contributed by atoms with Crippen LogP contribution in [0.1, 0.15) is 5.69 Å². The third-order valence-corrected chi connectivity index (χ3v) is 4.86. The number of aryl methyl sites for hydroxylation is 1. The largest absolute Gasteiger partial charge is 0.369 e. The molecule has 9 heteroatoms. The van der Waals surface area contributed by atoms with Gasteiger partial charge in [0.25, 0.3) is 0 Å². The molecular weight excluding hydrogens is 294 g/mol. The summed E-state index contributed by atoms with van der Waals surface area (Å²) >= 11 is 0. The van der Waals surface area contributed by atoms with E-state index in [0.717, 1.165) is 11.9 Å². The lowest BCUT2D eigenvalue weighted by molar-refractivity contribution is -0.122. The molecule has 2 N–H and O–H groups in total. The van der Waals surface area contributed by atoms with Crippen LogP contribution >= 0.6 is 0 Å². The minimum absolute atomic E-state index is 0.146. The second-order valence-corrected chi connectivity index (χ2v) is 7.42. The zero-order valence-corrected chi connectivity index (χ0v) is 13.1. The number of carbonyl (C=O) groups is 1. The van der Waals surface area contributed by atoms with Crippen molar-refractivity contribution in [3.8, 4) is 0 Å². The van der Waals surface area contributed by atoms with E-state index in [1.807, 2.05) is 24.2 Å². The van der Waals surface area contributed by atoms with Crippen molar-refractivity contribution in [2.45, 2.75) is 6.54 Å². The average molecular weight is 315 g/mol. The summed E-state index contributed by atoms with van der Waals surface area (Å²) in [6.45, 7) is 2.07. The predicted molar refractivity (Wildman–Crippen MR) is 77.6 cm³/mol. The van der Waals surface area contributed by atoms with Crippen LogP contribution in [0.3, 0.4) is 0 Å². The van der Waals surface area contributed by atoms with Crippen molar-refractivity contribution in [2.24, 2.45) is 18.7 Å². The Morgan fingerprint density at radius 3 is 2.67 bits per heavy atom. The highest BCUT2D eigenvalue weighted by atomic mass is 32.2. The minimum Gasteiger partial charge on any atom is -0.369 e. The molecule has 2 heterocycles. The van der Waals surface area contributed by atoms with E-state index in [2.05, 4.69) is 5.10 Å². The van der Waals surface area contributed by atoms with Crippen molar-refractivity contribution in [1.29, 1.82) is 0 Å². The number of nitrogens with two attached hydrogens (primary N) is 1. The highest BCUT2D eigenvalue weighted by molar-refractivity contribution is 7.88. The van der Waals surface area contributed by atoms with Gasteiger partial charge < -0.3 is 5.73 Å². The van der Waals surface area contributed by atoms with Crippen LogP contribution in [0.4, 0.5) is 0 Å². The summed E-state index contributed by atoms with van der Waals surface area (Å²) < 4.78 is 26.5. The number of amides is 1. The third kappa shape index (κ3) is 4.26. The van der Waals surface area contributed by atoms with Gasteiger partial charge in [-0.3, -0.25) is 14.4 Å². The van der Waals surface area contributed by atoms with Crippen molar-refractivity contribution in [1.82, 2.24) is 19.0 Å². The number of hydrogen-bond donors (Lipinski definition) is 1. The summed E-state index contributed by atoms with van der Waals surface area (Å²) in [5.74, 6) is -0.984. The SMILES string of the molecule is Cn1ccc(CN2CCN(S(C)(=O)=O)C[C@@H](C(N)=O)C2)n1. The lowest BCUT2D eigenvalue weighted by atomic mass is 10.1. The van der Waals surface area contributed by atoms with Crippen LogP contribution in [0.15, 0.2) is 12.3 Å². The Hall–Kier alpha value is -1.45. The van der Waals surface area contributed by atoms with E-state index in [1.54, 1.807) is 4.68 Å². The maximum Gasteiger partial charge on any atom is 0.223 e. The first-order valence-electron chi connectivity index (χ1n) is 6.71. The number of nitrogens with zero attached hydrogens (tertiary/aromatic N) is 4. The molecule has 2 rings (SSSR count). The van der Waals surface area contributed by atoms with Crippen LogP contribution in [0.5, 0.6) is 0 Å². The van der Waals surface area contributed by atoms with Crippen LogP contribution in [0.2, 0.25) is 0 Å². The van der Waals surface area contributed by atoms with Gasteiger partial charge in [0.1, 0.15) is 0 Å². The summed E-state index contributed by atoms with van der Waals surface area (Å²) in [4.78, 5) is 13.6. The number of sulfonamides is 1. The first-order valence-corrected chi connectivity index (χ1v) is 8.56. The summed E-state index contributed by atoms with van der Waals surface area (Å²) in [7, 11) is -1.49. The first kappa shape index (κ1) is 15.9. The molecule has 8 nitrogen and oxygen atoms in total. The van der Waals surface area contributed by atoms with Crippen LogP contribution in [-0.2, 0) is 28.4 Å². The van der Waals surface area contributed by atoms with Gasteiger partial charge in [-0.2, -0.15) is 5.10 Å². The molecule has 1 aromatic rings. The molecule has 0 aliphatic carbocycles. The van der Waals surface area contributed by atoms with Crippen LogP contribution in [-0.4, -0.2) is 65.7 Å². The summed E-state index contributed by atoms with van der Waals surface area (Å²) in [6, 6.07) is 1.90. The Balaban J connectivity index is 2.12. The van der Waals surface area contributed by atoms with Gasteiger partial charge in [0, 0.05) is 46.0 Å². The first-order chi connectivity index (χ1) is 9.75. The Morgan fingerprint density at radius 2 is 2.14 bits per heavy atom. The molecule has 21 heavy (non-hydrogen) atoms. The Kier molecular flexibility index (Phi) is 4.64. The minimum atomic E-state index is -3.33. The third-order valence-electron chi connectivity index (χ3n) is 3.59. The maximum absolute atomic E-state index is 11.7. The van der Waals surface area contributed by atoms with Crippen molar-refractivity contribution in [3.63, 3.8) is 0 Å². The van der Waals surface area contributed by atoms with Gasteiger partial charge in [-0.25, -0.2) is 12.7 Å². The van der Waals surface area contributed by atoms with Crippen molar-refractivity contribution >= 4 is 15.9 Å². The van der Waals surface area contributed by atoms with E-state index in [1.165, 1.54) is 4.31 Å². The molecule has 1 amide bonds. The normalized spacial score (nSPS) is 22.1. The van der Waals surface area contributed by atoms with Crippen LogP contribution < -0.4 is 5.73 Å². The standard InChI is InChI=1S/C12H21N5O3S/c1-15-4-3-11(14-15)9-16-5-6-17(21(2,19)20)8-10(7-16)12(13)18/h3-4,10H,5-9H2,1-2H3,(H2,13,18)/t10-/m0/s1. The molecule has 1 atom stereocenters. The molecule has 1 saturated heterocycles. The second kappa shape index (κ2) is 6.12. The molecule has 1 aliphatic heterocycles. The summed E-state index contributed by atoms with van der Waals surface area (Å²) in [6.07, 6.45) is 3.00. The van der Waals surface area contributed by atoms with E-state index < -0.39 is 21.8 Å². The van der Waals surface area contributed by atoms with Crippen LogP contribution in [0, 0.1) is 5.92 Å². The maximum atomic E-state index is 11.7. The lowest BCUT2D eigenvalue weighted by Crippen LogP contribution is -2.40. The van der Waals surface area contributed by atoms with E-state index in [-0.39, 0.29) is 6.54 Å². The van der Waals surface area contributed by atoms with E-state index in [9.17, 15) is 13.2 Å². The van der Waals surface area contributed by atoms with Gasteiger partial charge in [-0.1, -0.05) is 0 Å². The summed E-state index contributed by atoms with van der Waals surface area (Å²) in [5, 5.41) is 4.30. The second-order valence-electron chi connectivity index (χ2n) is 5.44. The molecule has 0 spiro atoms. The number of hydrogen-bond acceptors (Lipinski definition) is 5. The number of primary amides is 1. The van der Waals surface area contributed by atoms with E-state index >= 15 is 0 Å². The quantitative estimate of drug-likeness (QED) is 0.736. The number of rotatable bonds is 4. The molecule has 1 fully saturated rings. The zero-order valence-electron chi connectivity index (χ0n) is 12.3. The van der Waals surface area contributed by atoms with Gasteiger partial charge in [0.05, 0.1) is 17.9 Å². The van der Waals surface area contributed by atoms with Crippen molar-refractivity contribution in [2.75, 3.05) is 32.4 Å². The molecule has 1 aliphatic rings. The molecule has 0 aromatic carbocycles. The molecule has 0 radical (unpaired) electrons. The lowest BCUT2D eigenvalue weighted by Gasteiger charge is -2.21. The fourth-order valence-corrected chi connectivity index (χ4v) is 3.32. The average Bonchev–Trinajstić information content (AvgIpc) is 2.63. The van der Waals surface area contributed by atoms with Gasteiger partial charge >= 0.3 is 0 Å². The van der Waals surface area contributed by atoms with Gasteiger partial charge in [0.15, 0.2) is 0 Å². The van der Waals surface area contributed by atoms with Crippen LogP contribution in [0.25, 0.3) is 0 Å². The number of aromatic nitrogens is 2. The van der Waals surface area contributed by atoms with Crippen molar-refractivity contribution < 1.29 is 13.2 Å². The topological polar surface area (TPSA) is 102 Å². The fraction of sp³-hybridized carbons (Fsp3) is 0.667. The highest BCUT2D eigenvalue weighted by Gasteiger charge is 2.30. The van der Waals surface area contributed by atoms with Crippen molar-refractivity contribution in [3.05, 3.63) is 18.0 Å². The molecule has 118 valence electrons. The highest BCUT2D eigenvalue weighted by Crippen LogP contribution is 2.14. The molecule has 0 saturated carbocycles. The monoisotopic (exact) mass is 315 g/mol. The molecule has 0 bridgehead atoms. The van der Waals surface area contributed by atoms with Gasteiger partial charge in [-0.15, -0.1) is 0 Å². The number of carbonyl (C=O) groups excluding carboxylic acids is 1. The summed E-state index contributed by atoms with van der Waals surface area (Å²) in [5.41, 5.74) is 6.28. The van der Waals surface area contributed by atoms with Gasteiger partial charge in [-0.05, 0) is 6.07 Å². The molecular formula is C12H21N5O3S. The zero-order chi connectivity index (χ0) is 15.6. The molecule has 1 aromatic heterocycles. The predicted octanol–water partition coefficient (Wildman–Crippen LogP) is -1.40. The van der Waals surface area contributed by atoms with Gasteiger partial charge in [0.2, 0.25) is 15.9 Å². The molecule has 0 unspecified atom stereocenters. The smallest absolute Gasteiger partial charge is 0.223 e. The Labute approximate surface area is 124 Å². The fourth-order valence-electron chi connectivity index (χ4n) is 2.45. The Morgan fingerprint density at radius 1 is 1.43 bits per heavy atom. The Bertz CT molecular complexity index is 612. The van der Waals surface area contributed by atoms with E-state index in [0.29, 0.717) is 26.2 Å².